The average molecular weight is 226 g/mol. The fourth-order valence-electron chi connectivity index (χ4n) is 1.81. The Bertz CT molecular complexity index is 386. The van der Waals surface area contributed by atoms with Crippen LogP contribution in [0.5, 0.6) is 0 Å². The SMILES string of the molecule is CC(=O)CC(c1cc(F)ccc1F)C(C)C. The summed E-state index contributed by atoms with van der Waals surface area (Å²) < 4.78 is 26.6. The second-order valence-corrected chi connectivity index (χ2v) is 4.42. The summed E-state index contributed by atoms with van der Waals surface area (Å²) in [6, 6.07) is 3.38. The van der Waals surface area contributed by atoms with Crippen LogP contribution in [0.1, 0.15) is 38.7 Å². The van der Waals surface area contributed by atoms with E-state index in [9.17, 15) is 13.6 Å². The molecule has 88 valence electrons. The Morgan fingerprint density at radius 2 is 1.94 bits per heavy atom. The van der Waals surface area contributed by atoms with Crippen molar-refractivity contribution in [3.05, 3.63) is 35.4 Å². The van der Waals surface area contributed by atoms with Crippen LogP contribution < -0.4 is 0 Å². The molecule has 0 N–H and O–H groups in total. The van der Waals surface area contributed by atoms with Gasteiger partial charge in [0.25, 0.3) is 0 Å². The van der Waals surface area contributed by atoms with Crippen molar-refractivity contribution in [2.24, 2.45) is 5.92 Å². The van der Waals surface area contributed by atoms with Crippen molar-refractivity contribution in [3.63, 3.8) is 0 Å². The van der Waals surface area contributed by atoms with Crippen molar-refractivity contribution >= 4 is 5.78 Å². The molecule has 1 aromatic rings. The second kappa shape index (κ2) is 5.19. The van der Waals surface area contributed by atoms with Crippen molar-refractivity contribution < 1.29 is 13.6 Å². The molecule has 3 heteroatoms. The normalized spacial score (nSPS) is 12.9. The summed E-state index contributed by atoms with van der Waals surface area (Å²) in [6.45, 7) is 5.27. The Hall–Kier alpha value is -1.25. The van der Waals surface area contributed by atoms with E-state index in [1.165, 1.54) is 13.0 Å². The van der Waals surface area contributed by atoms with E-state index >= 15 is 0 Å². The van der Waals surface area contributed by atoms with Crippen LogP contribution in [0.2, 0.25) is 0 Å². The summed E-state index contributed by atoms with van der Waals surface area (Å²) in [5.74, 6) is -1.08. The van der Waals surface area contributed by atoms with Gasteiger partial charge in [0, 0.05) is 6.42 Å². The Balaban J connectivity index is 3.09. The second-order valence-electron chi connectivity index (χ2n) is 4.42. The molecule has 1 atom stereocenters. The molecule has 0 aliphatic heterocycles. The van der Waals surface area contributed by atoms with Crippen LogP contribution in [-0.2, 0) is 4.79 Å². The van der Waals surface area contributed by atoms with Crippen LogP contribution in [0.3, 0.4) is 0 Å². The predicted octanol–water partition coefficient (Wildman–Crippen LogP) is 3.68. The van der Waals surface area contributed by atoms with Gasteiger partial charge >= 0.3 is 0 Å². The highest BCUT2D eigenvalue weighted by atomic mass is 19.1. The molecule has 0 aliphatic carbocycles. The number of rotatable bonds is 4. The summed E-state index contributed by atoms with van der Waals surface area (Å²) in [5, 5.41) is 0. The number of Topliss-reactive ketones (excluding diaryl/α,β-unsaturated/α-hetero) is 1. The standard InChI is InChI=1S/C13H16F2O/c1-8(2)11(6-9(3)16)12-7-10(14)4-5-13(12)15/h4-5,7-8,11H,6H2,1-3H3. The monoisotopic (exact) mass is 226 g/mol. The van der Waals surface area contributed by atoms with E-state index in [-0.39, 0.29) is 24.0 Å². The third-order valence-corrected chi connectivity index (χ3v) is 2.67. The van der Waals surface area contributed by atoms with Crippen molar-refractivity contribution in [1.82, 2.24) is 0 Å². The maximum absolute atomic E-state index is 13.6. The molecule has 1 unspecified atom stereocenters. The lowest BCUT2D eigenvalue weighted by atomic mass is 9.84. The zero-order chi connectivity index (χ0) is 12.3. The van der Waals surface area contributed by atoms with E-state index in [0.29, 0.717) is 5.56 Å². The smallest absolute Gasteiger partial charge is 0.130 e. The van der Waals surface area contributed by atoms with Gasteiger partial charge in [-0.15, -0.1) is 0 Å². The van der Waals surface area contributed by atoms with Gasteiger partial charge < -0.3 is 4.79 Å². The molecule has 0 aromatic heterocycles. The molecule has 0 bridgehead atoms. The topological polar surface area (TPSA) is 17.1 Å². The van der Waals surface area contributed by atoms with Gasteiger partial charge in [0.1, 0.15) is 17.4 Å². The fourth-order valence-corrected chi connectivity index (χ4v) is 1.81. The number of hydrogen-bond donors (Lipinski definition) is 0. The lowest BCUT2D eigenvalue weighted by Gasteiger charge is -2.20. The van der Waals surface area contributed by atoms with Crippen molar-refractivity contribution in [2.75, 3.05) is 0 Å². The summed E-state index contributed by atoms with van der Waals surface area (Å²) in [5.41, 5.74) is 0.296. The number of ketones is 1. The molecule has 0 radical (unpaired) electrons. The van der Waals surface area contributed by atoms with Gasteiger partial charge in [0.2, 0.25) is 0 Å². The molecule has 0 spiro atoms. The largest absolute Gasteiger partial charge is 0.300 e. The zero-order valence-corrected chi connectivity index (χ0v) is 9.76. The lowest BCUT2D eigenvalue weighted by molar-refractivity contribution is -0.117. The minimum absolute atomic E-state index is 0.0117. The van der Waals surface area contributed by atoms with Gasteiger partial charge in [-0.3, -0.25) is 0 Å². The highest BCUT2D eigenvalue weighted by molar-refractivity contribution is 5.76. The van der Waals surface area contributed by atoms with E-state index < -0.39 is 11.6 Å². The maximum Gasteiger partial charge on any atom is 0.130 e. The molecule has 1 rings (SSSR count). The van der Waals surface area contributed by atoms with E-state index in [0.717, 1.165) is 12.1 Å². The molecular formula is C13H16F2O. The van der Waals surface area contributed by atoms with Gasteiger partial charge in [-0.25, -0.2) is 8.78 Å². The lowest BCUT2D eigenvalue weighted by Crippen LogP contribution is -2.12. The van der Waals surface area contributed by atoms with E-state index in [1.807, 2.05) is 13.8 Å². The van der Waals surface area contributed by atoms with E-state index in [2.05, 4.69) is 0 Å². The Kier molecular flexibility index (Phi) is 4.16. The summed E-state index contributed by atoms with van der Waals surface area (Å²) in [6.07, 6.45) is 0.248. The molecule has 0 amide bonds. The predicted molar refractivity (Wildman–Crippen MR) is 59.2 cm³/mol. The molecule has 1 nitrogen and oxygen atoms in total. The number of halogens is 2. The van der Waals surface area contributed by atoms with Gasteiger partial charge in [0.15, 0.2) is 0 Å². The Morgan fingerprint density at radius 3 is 2.44 bits per heavy atom. The summed E-state index contributed by atoms with van der Waals surface area (Å²) in [4.78, 5) is 11.1. The van der Waals surface area contributed by atoms with Crippen LogP contribution >= 0.6 is 0 Å². The molecule has 16 heavy (non-hydrogen) atoms. The third-order valence-electron chi connectivity index (χ3n) is 2.67. The first-order valence-corrected chi connectivity index (χ1v) is 5.36. The first-order valence-electron chi connectivity index (χ1n) is 5.36. The quantitative estimate of drug-likeness (QED) is 0.765. The first kappa shape index (κ1) is 12.8. The fraction of sp³-hybridized carbons (Fsp3) is 0.462. The van der Waals surface area contributed by atoms with Gasteiger partial charge in [-0.2, -0.15) is 0 Å². The third kappa shape index (κ3) is 3.12. The van der Waals surface area contributed by atoms with Gasteiger partial charge in [-0.1, -0.05) is 13.8 Å². The van der Waals surface area contributed by atoms with Crippen LogP contribution in [0.15, 0.2) is 18.2 Å². The first-order chi connectivity index (χ1) is 7.41. The molecule has 0 heterocycles. The summed E-state index contributed by atoms with van der Waals surface area (Å²) in [7, 11) is 0. The van der Waals surface area contributed by atoms with Gasteiger partial charge in [0.05, 0.1) is 0 Å². The van der Waals surface area contributed by atoms with Gasteiger partial charge in [-0.05, 0) is 42.5 Å². The van der Waals surface area contributed by atoms with Crippen molar-refractivity contribution in [3.8, 4) is 0 Å². The minimum Gasteiger partial charge on any atom is -0.300 e. The number of carbonyl (C=O) groups is 1. The van der Waals surface area contributed by atoms with Crippen molar-refractivity contribution in [2.45, 2.75) is 33.1 Å². The van der Waals surface area contributed by atoms with E-state index in [1.54, 1.807) is 0 Å². The number of carbonyl (C=O) groups excluding carboxylic acids is 1. The highest BCUT2D eigenvalue weighted by Gasteiger charge is 2.21. The van der Waals surface area contributed by atoms with Crippen LogP contribution in [0.25, 0.3) is 0 Å². The molecule has 0 fully saturated rings. The number of benzene rings is 1. The highest BCUT2D eigenvalue weighted by Crippen LogP contribution is 2.30. The molecule has 1 aromatic carbocycles. The Labute approximate surface area is 94.5 Å². The molecule has 0 saturated carbocycles. The van der Waals surface area contributed by atoms with Crippen LogP contribution in [0.4, 0.5) is 8.78 Å². The minimum atomic E-state index is -0.467. The van der Waals surface area contributed by atoms with E-state index in [4.69, 9.17) is 0 Å². The van der Waals surface area contributed by atoms with Crippen molar-refractivity contribution in [1.29, 1.82) is 0 Å². The molecular weight excluding hydrogens is 210 g/mol. The van der Waals surface area contributed by atoms with Crippen LogP contribution in [0, 0.1) is 17.6 Å². The molecule has 0 saturated heterocycles. The average Bonchev–Trinajstić information content (AvgIpc) is 2.18. The zero-order valence-electron chi connectivity index (χ0n) is 9.76. The van der Waals surface area contributed by atoms with Crippen LogP contribution in [-0.4, -0.2) is 5.78 Å². The Morgan fingerprint density at radius 1 is 1.31 bits per heavy atom. The summed E-state index contributed by atoms with van der Waals surface area (Å²) >= 11 is 0. The maximum atomic E-state index is 13.6. The molecule has 0 aliphatic rings. The number of hydrogen-bond acceptors (Lipinski definition) is 1.